The molecule has 0 saturated carbocycles. The van der Waals surface area contributed by atoms with E-state index in [-0.39, 0.29) is 5.78 Å². The molecule has 0 unspecified atom stereocenters. The Bertz CT molecular complexity index is 295. The fourth-order valence-corrected chi connectivity index (χ4v) is 1.50. The molecule has 1 aliphatic rings. The highest BCUT2D eigenvalue weighted by molar-refractivity contribution is 6.08. The molecule has 0 bridgehead atoms. The van der Waals surface area contributed by atoms with Crippen LogP contribution in [0.2, 0.25) is 0 Å². The van der Waals surface area contributed by atoms with Crippen LogP contribution in [0.4, 0.5) is 0 Å². The number of ketones is 1. The fraction of sp³-hybridized carbons (Fsp3) is 0.545. The molecule has 72 valence electrons. The highest BCUT2D eigenvalue weighted by Gasteiger charge is 2.22. The molecule has 0 atom stereocenters. The van der Waals surface area contributed by atoms with E-state index in [0.717, 1.165) is 23.1 Å². The third-order valence-corrected chi connectivity index (χ3v) is 2.39. The minimum atomic E-state index is 0.0584. The van der Waals surface area contributed by atoms with Gasteiger partial charge in [0.25, 0.3) is 0 Å². The van der Waals surface area contributed by atoms with E-state index in [2.05, 4.69) is 0 Å². The van der Waals surface area contributed by atoms with Crippen molar-refractivity contribution in [1.29, 1.82) is 0 Å². The second kappa shape index (κ2) is 3.77. The Hall–Kier alpha value is -1.05. The molecular weight excluding hydrogens is 164 g/mol. The van der Waals surface area contributed by atoms with Gasteiger partial charge in [-0.15, -0.1) is 0 Å². The van der Waals surface area contributed by atoms with Gasteiger partial charge in [-0.1, -0.05) is 5.57 Å². The van der Waals surface area contributed by atoms with Crippen LogP contribution >= 0.6 is 0 Å². The van der Waals surface area contributed by atoms with Crippen LogP contribution in [0.3, 0.4) is 0 Å². The average molecular weight is 180 g/mol. The van der Waals surface area contributed by atoms with E-state index in [9.17, 15) is 4.79 Å². The molecule has 0 fully saturated rings. The molecular formula is C11H16O2. The van der Waals surface area contributed by atoms with Crippen LogP contribution in [0, 0.1) is 0 Å². The summed E-state index contributed by atoms with van der Waals surface area (Å²) in [6.07, 6.45) is 0.868. The van der Waals surface area contributed by atoms with Gasteiger partial charge in [-0.3, -0.25) is 4.79 Å². The topological polar surface area (TPSA) is 26.3 Å². The molecule has 2 nitrogen and oxygen atoms in total. The summed E-state index contributed by atoms with van der Waals surface area (Å²) in [5.74, 6) is 0.619. The summed E-state index contributed by atoms with van der Waals surface area (Å²) in [7, 11) is 0. The molecule has 0 spiro atoms. The lowest BCUT2D eigenvalue weighted by atomic mass is 9.92. The maximum absolute atomic E-state index is 11.7. The normalized spacial score (nSPS) is 18.3. The van der Waals surface area contributed by atoms with Crippen LogP contribution < -0.4 is 0 Å². The molecule has 0 heterocycles. The summed E-state index contributed by atoms with van der Waals surface area (Å²) in [5.41, 5.74) is 3.05. The van der Waals surface area contributed by atoms with Gasteiger partial charge in [0.15, 0.2) is 5.76 Å². The van der Waals surface area contributed by atoms with E-state index in [4.69, 9.17) is 4.74 Å². The number of hydrogen-bond acceptors (Lipinski definition) is 2. The number of Topliss-reactive ketones (excluding diaryl/α,β-unsaturated/α-hetero) is 1. The van der Waals surface area contributed by atoms with Crippen molar-refractivity contribution in [1.82, 2.24) is 0 Å². The molecule has 0 aromatic rings. The fourth-order valence-electron chi connectivity index (χ4n) is 1.50. The molecule has 13 heavy (non-hydrogen) atoms. The molecule has 0 aliphatic heterocycles. The first kappa shape index (κ1) is 10.0. The van der Waals surface area contributed by atoms with Gasteiger partial charge < -0.3 is 4.74 Å². The van der Waals surface area contributed by atoms with Crippen molar-refractivity contribution in [3.8, 4) is 0 Å². The van der Waals surface area contributed by atoms with Gasteiger partial charge in [0.05, 0.1) is 6.61 Å². The van der Waals surface area contributed by atoms with Crippen molar-refractivity contribution in [2.45, 2.75) is 34.1 Å². The van der Waals surface area contributed by atoms with E-state index in [1.54, 1.807) is 0 Å². The van der Waals surface area contributed by atoms with Crippen LogP contribution in [0.1, 0.15) is 34.1 Å². The summed E-state index contributed by atoms with van der Waals surface area (Å²) < 4.78 is 5.32. The lowest BCUT2D eigenvalue weighted by Gasteiger charge is -2.19. The van der Waals surface area contributed by atoms with Crippen molar-refractivity contribution in [3.63, 3.8) is 0 Å². The second-order valence-corrected chi connectivity index (χ2v) is 3.45. The van der Waals surface area contributed by atoms with Crippen LogP contribution in [-0.4, -0.2) is 12.4 Å². The smallest absolute Gasteiger partial charge is 0.223 e. The SMILES string of the molecule is CCOC1=C(C)CC(C)=C(C)C1=O. The largest absolute Gasteiger partial charge is 0.490 e. The number of hydrogen-bond donors (Lipinski definition) is 0. The number of rotatable bonds is 2. The van der Waals surface area contributed by atoms with Crippen molar-refractivity contribution in [2.24, 2.45) is 0 Å². The molecule has 0 saturated heterocycles. The number of allylic oxidation sites excluding steroid dienone is 3. The van der Waals surface area contributed by atoms with Crippen molar-refractivity contribution in [3.05, 3.63) is 22.5 Å². The Kier molecular flexibility index (Phi) is 2.91. The van der Waals surface area contributed by atoms with Crippen LogP contribution in [0.15, 0.2) is 22.5 Å². The van der Waals surface area contributed by atoms with E-state index in [1.807, 2.05) is 27.7 Å². The number of ether oxygens (including phenoxy) is 1. The quantitative estimate of drug-likeness (QED) is 0.653. The highest BCUT2D eigenvalue weighted by Crippen LogP contribution is 2.26. The summed E-state index contributed by atoms with van der Waals surface area (Å²) in [6.45, 7) is 8.28. The second-order valence-electron chi connectivity index (χ2n) is 3.45. The molecule has 0 aromatic heterocycles. The summed E-state index contributed by atoms with van der Waals surface area (Å²) in [5, 5.41) is 0. The van der Waals surface area contributed by atoms with Crippen molar-refractivity contribution < 1.29 is 9.53 Å². The average Bonchev–Trinajstić information content (AvgIpc) is 2.09. The van der Waals surface area contributed by atoms with Gasteiger partial charge in [-0.05, 0) is 45.3 Å². The van der Waals surface area contributed by atoms with Gasteiger partial charge in [0.1, 0.15) is 0 Å². The van der Waals surface area contributed by atoms with Crippen LogP contribution in [-0.2, 0) is 9.53 Å². The van der Waals surface area contributed by atoms with E-state index in [1.165, 1.54) is 0 Å². The van der Waals surface area contributed by atoms with Gasteiger partial charge in [0, 0.05) is 0 Å². The Balaban J connectivity index is 2.97. The first-order valence-corrected chi connectivity index (χ1v) is 4.61. The van der Waals surface area contributed by atoms with Crippen LogP contribution in [0.25, 0.3) is 0 Å². The minimum Gasteiger partial charge on any atom is -0.490 e. The predicted molar refractivity (Wildman–Crippen MR) is 52.3 cm³/mol. The van der Waals surface area contributed by atoms with Crippen molar-refractivity contribution >= 4 is 5.78 Å². The van der Waals surface area contributed by atoms with Gasteiger partial charge in [0.2, 0.25) is 5.78 Å². The molecule has 1 rings (SSSR count). The minimum absolute atomic E-state index is 0.0584. The van der Waals surface area contributed by atoms with Gasteiger partial charge >= 0.3 is 0 Å². The lowest BCUT2D eigenvalue weighted by molar-refractivity contribution is -0.115. The third kappa shape index (κ3) is 1.82. The summed E-state index contributed by atoms with van der Waals surface area (Å²) in [4.78, 5) is 11.7. The zero-order chi connectivity index (χ0) is 10.0. The Morgan fingerprint density at radius 3 is 2.38 bits per heavy atom. The van der Waals surface area contributed by atoms with Gasteiger partial charge in [-0.25, -0.2) is 0 Å². The maximum Gasteiger partial charge on any atom is 0.223 e. The highest BCUT2D eigenvalue weighted by atomic mass is 16.5. The Morgan fingerprint density at radius 1 is 1.23 bits per heavy atom. The number of carbonyl (C=O) groups is 1. The monoisotopic (exact) mass is 180 g/mol. The van der Waals surface area contributed by atoms with Crippen molar-refractivity contribution in [2.75, 3.05) is 6.61 Å². The lowest BCUT2D eigenvalue weighted by Crippen LogP contribution is -2.15. The zero-order valence-electron chi connectivity index (χ0n) is 8.73. The van der Waals surface area contributed by atoms with E-state index < -0.39 is 0 Å². The first-order valence-electron chi connectivity index (χ1n) is 4.61. The maximum atomic E-state index is 11.7. The predicted octanol–water partition coefficient (Wildman–Crippen LogP) is 2.61. The molecule has 0 aromatic carbocycles. The van der Waals surface area contributed by atoms with Crippen LogP contribution in [0.5, 0.6) is 0 Å². The summed E-state index contributed by atoms with van der Waals surface area (Å²) >= 11 is 0. The molecule has 0 amide bonds. The number of carbonyl (C=O) groups excluding carboxylic acids is 1. The molecule has 1 aliphatic carbocycles. The van der Waals surface area contributed by atoms with E-state index >= 15 is 0 Å². The molecule has 0 N–H and O–H groups in total. The molecule has 2 heteroatoms. The summed E-state index contributed by atoms with van der Waals surface area (Å²) in [6, 6.07) is 0. The van der Waals surface area contributed by atoms with Gasteiger partial charge in [-0.2, -0.15) is 0 Å². The third-order valence-electron chi connectivity index (χ3n) is 2.39. The zero-order valence-corrected chi connectivity index (χ0v) is 8.73. The first-order chi connectivity index (χ1) is 6.07. The van der Waals surface area contributed by atoms with E-state index in [0.29, 0.717) is 12.4 Å². The standard InChI is InChI=1S/C11H16O2/c1-5-13-11-8(3)6-7(2)9(4)10(11)12/h5-6H2,1-4H3. The Labute approximate surface area is 79.3 Å². The molecule has 0 radical (unpaired) electrons. The Morgan fingerprint density at radius 2 is 1.85 bits per heavy atom.